The van der Waals surface area contributed by atoms with E-state index in [4.69, 9.17) is 21.4 Å². The maximum atomic E-state index is 13.9. The quantitative estimate of drug-likeness (QED) is 0.175. The Hall–Kier alpha value is -3.61. The van der Waals surface area contributed by atoms with Crippen LogP contribution in [0.4, 0.5) is 5.69 Å². The number of aromatic nitrogens is 1. The molecule has 3 fully saturated rings. The molecule has 2 aliphatic carbocycles. The molecule has 1 aromatic heterocycles. The number of halogens is 1. The summed E-state index contributed by atoms with van der Waals surface area (Å²) in [6.45, 7) is 2.03. The zero-order chi connectivity index (χ0) is 33.0. The van der Waals surface area contributed by atoms with Crippen LogP contribution in [-0.4, -0.2) is 57.1 Å². The number of carbonyl (C=O) groups excluding carboxylic acids is 3. The first-order chi connectivity index (χ1) is 22.6. The van der Waals surface area contributed by atoms with Crippen molar-refractivity contribution in [1.82, 2.24) is 9.88 Å². The largest absolute Gasteiger partial charge is 0.483 e. The average Bonchev–Trinajstić information content (AvgIpc) is 3.77. The number of rotatable bonds is 11. The number of aromatic amines is 1. The lowest BCUT2D eigenvalue weighted by Gasteiger charge is -2.43. The fourth-order valence-corrected chi connectivity index (χ4v) is 11.3. The van der Waals surface area contributed by atoms with Gasteiger partial charge in [0.25, 0.3) is 5.91 Å². The van der Waals surface area contributed by atoms with Gasteiger partial charge in [-0.2, -0.15) is 0 Å². The first-order valence-corrected chi connectivity index (χ1v) is 17.9. The zero-order valence-corrected chi connectivity index (χ0v) is 28.0. The molecule has 13 heteroatoms. The first-order valence-electron chi connectivity index (χ1n) is 15.9. The SMILES string of the molecule is Cc1ccc(NC(=O)COc2ccc(Cl)cc2[C@H]2c3sc(=O)[nH]c3SC3C4CC(C5C(=O)N(CCCCCC(=O)O)C(=O)C45)C32)cc1. The van der Waals surface area contributed by atoms with Crippen LogP contribution in [0.1, 0.15) is 54.0 Å². The molecule has 1 saturated heterocycles. The molecule has 246 valence electrons. The Bertz CT molecular complexity index is 1810. The van der Waals surface area contributed by atoms with Gasteiger partial charge in [-0.3, -0.25) is 28.9 Å². The van der Waals surface area contributed by atoms with Crippen molar-refractivity contribution in [3.8, 4) is 5.75 Å². The van der Waals surface area contributed by atoms with Crippen LogP contribution in [0.5, 0.6) is 5.75 Å². The van der Waals surface area contributed by atoms with E-state index in [-0.39, 0.29) is 64.5 Å². The van der Waals surface area contributed by atoms with E-state index in [2.05, 4.69) is 10.3 Å². The van der Waals surface area contributed by atoms with E-state index in [1.54, 1.807) is 23.9 Å². The number of fused-ring (bicyclic) bond motifs is 9. The number of thioether (sulfide) groups is 1. The van der Waals surface area contributed by atoms with Gasteiger partial charge in [-0.05, 0) is 74.3 Å². The zero-order valence-electron chi connectivity index (χ0n) is 25.6. The van der Waals surface area contributed by atoms with E-state index in [9.17, 15) is 24.0 Å². The molecule has 7 rings (SSSR count). The first kappa shape index (κ1) is 32.0. The van der Waals surface area contributed by atoms with Crippen molar-refractivity contribution in [2.24, 2.45) is 29.6 Å². The minimum Gasteiger partial charge on any atom is -0.483 e. The molecule has 7 atom stereocenters. The summed E-state index contributed by atoms with van der Waals surface area (Å²) in [4.78, 5) is 69.1. The van der Waals surface area contributed by atoms with Gasteiger partial charge in [-0.25, -0.2) is 0 Å². The highest BCUT2D eigenvalue weighted by Crippen LogP contribution is 2.69. The third-order valence-corrected chi connectivity index (χ3v) is 12.9. The number of nitrogens with one attached hydrogen (secondary N) is 2. The van der Waals surface area contributed by atoms with Crippen LogP contribution in [0.15, 0.2) is 52.3 Å². The van der Waals surface area contributed by atoms with Crippen LogP contribution in [0.3, 0.4) is 0 Å². The maximum Gasteiger partial charge on any atom is 0.305 e. The minimum atomic E-state index is -0.854. The summed E-state index contributed by atoms with van der Waals surface area (Å²) < 4.78 is 6.15. The Kier molecular flexibility index (Phi) is 8.69. The van der Waals surface area contributed by atoms with Crippen molar-refractivity contribution >= 4 is 64.1 Å². The molecule has 3 aromatic rings. The monoisotopic (exact) mass is 695 g/mol. The number of H-pyrrole nitrogens is 1. The molecule has 2 aliphatic heterocycles. The molecular formula is C34H34ClN3O7S2. The standard InChI is InChI=1S/C34H34ClN3O7S2/c1-16-6-9-18(10-7-16)36-23(39)15-45-22-11-8-17(35)13-19(22)25-26-20-14-21(29(26)46-31-30(25)47-34(44)37-31)28-27(20)32(42)38(33(28)43)12-4-2-3-5-24(40)41/h6-11,13,20-21,25-29H,2-5,12,14-15H2,1H3,(H,36,39)(H,37,44)(H,40,41)/t20?,21?,25-,26?,27?,28?,29?/m1/s1. The Morgan fingerprint density at radius 3 is 2.53 bits per heavy atom. The number of aliphatic carboxylic acids is 1. The number of likely N-dealkylation sites (tertiary alicyclic amines) is 1. The number of carboxylic acid groups (broad SMARTS) is 1. The topological polar surface area (TPSA) is 146 Å². The molecule has 0 spiro atoms. The normalized spacial score (nSPS) is 27.0. The summed E-state index contributed by atoms with van der Waals surface area (Å²) in [6.07, 6.45) is 2.52. The van der Waals surface area contributed by atoms with E-state index in [1.165, 1.54) is 4.90 Å². The fourth-order valence-electron chi connectivity index (χ4n) is 8.24. The van der Waals surface area contributed by atoms with Crippen molar-refractivity contribution in [1.29, 1.82) is 0 Å². The van der Waals surface area contributed by atoms with Crippen LogP contribution in [0.2, 0.25) is 5.02 Å². The lowest BCUT2D eigenvalue weighted by Crippen LogP contribution is -2.42. The van der Waals surface area contributed by atoms with Gasteiger partial charge in [0.05, 0.1) is 16.9 Å². The second-order valence-electron chi connectivity index (χ2n) is 12.9. The van der Waals surface area contributed by atoms with Crippen molar-refractivity contribution < 1.29 is 29.0 Å². The highest BCUT2D eigenvalue weighted by molar-refractivity contribution is 8.00. The van der Waals surface area contributed by atoms with E-state index in [0.717, 1.165) is 38.8 Å². The number of anilines is 1. The number of aryl methyl sites for hydroxylation is 1. The Balaban J connectivity index is 1.16. The molecular weight excluding hydrogens is 662 g/mol. The van der Waals surface area contributed by atoms with E-state index >= 15 is 0 Å². The highest BCUT2D eigenvalue weighted by Gasteiger charge is 2.69. The van der Waals surface area contributed by atoms with E-state index in [0.29, 0.717) is 42.3 Å². The molecule has 3 N–H and O–H groups in total. The van der Waals surface area contributed by atoms with Crippen molar-refractivity contribution in [2.75, 3.05) is 18.5 Å². The number of unbranched alkanes of at least 4 members (excludes halogenated alkanes) is 2. The summed E-state index contributed by atoms with van der Waals surface area (Å²) in [6, 6.07) is 12.8. The van der Waals surface area contributed by atoms with Gasteiger partial charge in [0.1, 0.15) is 5.75 Å². The molecule has 47 heavy (non-hydrogen) atoms. The number of thiazole rings is 1. The summed E-state index contributed by atoms with van der Waals surface area (Å²) in [5.41, 5.74) is 2.50. The third-order valence-electron chi connectivity index (χ3n) is 10.1. The van der Waals surface area contributed by atoms with Crippen LogP contribution >= 0.6 is 34.7 Å². The predicted molar refractivity (Wildman–Crippen MR) is 178 cm³/mol. The number of benzene rings is 2. The average molecular weight is 696 g/mol. The molecule has 2 aromatic carbocycles. The number of nitrogens with zero attached hydrogens (tertiary/aromatic N) is 1. The van der Waals surface area contributed by atoms with Gasteiger partial charge in [0.2, 0.25) is 11.8 Å². The summed E-state index contributed by atoms with van der Waals surface area (Å²) in [5, 5.41) is 13.0. The number of carboxylic acids is 1. The van der Waals surface area contributed by atoms with E-state index in [1.807, 2.05) is 37.3 Å². The van der Waals surface area contributed by atoms with Crippen molar-refractivity contribution in [2.45, 2.75) is 55.2 Å². The molecule has 4 aliphatic rings. The van der Waals surface area contributed by atoms with Crippen LogP contribution < -0.4 is 14.9 Å². The fraction of sp³-hybridized carbons (Fsp3) is 0.441. The number of carbonyl (C=O) groups is 4. The lowest BCUT2D eigenvalue weighted by atomic mass is 9.68. The summed E-state index contributed by atoms with van der Waals surface area (Å²) in [5.74, 6) is -2.28. The lowest BCUT2D eigenvalue weighted by molar-refractivity contribution is -0.141. The third kappa shape index (κ3) is 5.89. The second kappa shape index (κ2) is 12.8. The molecule has 2 saturated carbocycles. The van der Waals surface area contributed by atoms with Gasteiger partial charge in [0.15, 0.2) is 6.61 Å². The Morgan fingerprint density at radius 1 is 1.04 bits per heavy atom. The van der Waals surface area contributed by atoms with Crippen LogP contribution in [-0.2, 0) is 19.2 Å². The summed E-state index contributed by atoms with van der Waals surface area (Å²) >= 11 is 9.31. The highest BCUT2D eigenvalue weighted by atomic mass is 35.5. The van der Waals surface area contributed by atoms with Crippen molar-refractivity contribution in [3.63, 3.8) is 0 Å². The van der Waals surface area contributed by atoms with Gasteiger partial charge in [0, 0.05) is 45.3 Å². The predicted octanol–water partition coefficient (Wildman–Crippen LogP) is 5.53. The molecule has 3 amide bonds. The number of amides is 3. The molecule has 0 radical (unpaired) electrons. The molecule has 6 unspecified atom stereocenters. The van der Waals surface area contributed by atoms with Gasteiger partial charge in [-0.1, -0.05) is 47.1 Å². The van der Waals surface area contributed by atoms with Gasteiger partial charge >= 0.3 is 10.8 Å². The van der Waals surface area contributed by atoms with Crippen LogP contribution in [0, 0.1) is 36.5 Å². The van der Waals surface area contributed by atoms with E-state index < -0.39 is 17.8 Å². The number of imide groups is 1. The molecule has 2 bridgehead atoms. The Morgan fingerprint density at radius 2 is 1.79 bits per heavy atom. The summed E-state index contributed by atoms with van der Waals surface area (Å²) in [7, 11) is 0. The minimum absolute atomic E-state index is 0.00654. The number of ether oxygens (including phenoxy) is 1. The second-order valence-corrected chi connectivity index (χ2v) is 15.5. The molecule has 3 heterocycles. The van der Waals surface area contributed by atoms with Crippen LogP contribution in [0.25, 0.3) is 0 Å². The van der Waals surface area contributed by atoms with Crippen molar-refractivity contribution in [3.05, 3.63) is 73.2 Å². The maximum absolute atomic E-state index is 13.9. The van der Waals surface area contributed by atoms with Gasteiger partial charge < -0.3 is 20.1 Å². The number of hydrogen-bond acceptors (Lipinski definition) is 8. The smallest absolute Gasteiger partial charge is 0.305 e. The molecule has 10 nitrogen and oxygen atoms in total. The number of hydrogen-bond donors (Lipinski definition) is 3. The van der Waals surface area contributed by atoms with Gasteiger partial charge in [-0.15, -0.1) is 11.8 Å². The Labute approximate surface area is 284 Å².